The zero-order chi connectivity index (χ0) is 26.5. The number of carbonyl (C=O) groups is 2. The Kier molecular flexibility index (Phi) is 7.94. The summed E-state index contributed by atoms with van der Waals surface area (Å²) in [7, 11) is 5.38. The lowest BCUT2D eigenvalue weighted by Gasteiger charge is -2.26. The number of hydrogen-bond acceptors (Lipinski definition) is 6. The molecule has 1 saturated heterocycles. The van der Waals surface area contributed by atoms with Crippen molar-refractivity contribution in [1.82, 2.24) is 9.80 Å². The molecule has 7 heteroatoms. The molecule has 192 valence electrons. The van der Waals surface area contributed by atoms with Gasteiger partial charge in [0.1, 0.15) is 23.9 Å². The quantitative estimate of drug-likeness (QED) is 0.264. The molecule has 0 radical (unpaired) electrons. The van der Waals surface area contributed by atoms with E-state index in [9.17, 15) is 14.7 Å². The van der Waals surface area contributed by atoms with Crippen molar-refractivity contribution in [1.29, 1.82) is 0 Å². The molecular formula is C30H32N2O5. The molecule has 0 saturated carbocycles. The number of amides is 1. The molecule has 0 aliphatic carbocycles. The van der Waals surface area contributed by atoms with Crippen LogP contribution in [0.5, 0.6) is 11.5 Å². The number of ketones is 1. The Bertz CT molecular complexity index is 1300. The topological polar surface area (TPSA) is 79.3 Å². The maximum atomic E-state index is 13.2. The number of nitrogens with zero attached hydrogens (tertiary/aromatic N) is 2. The number of aliphatic hydroxyl groups excluding tert-OH is 1. The van der Waals surface area contributed by atoms with Crippen molar-refractivity contribution in [3.8, 4) is 11.5 Å². The molecule has 3 aromatic carbocycles. The highest BCUT2D eigenvalue weighted by molar-refractivity contribution is 6.46. The Morgan fingerprint density at radius 2 is 1.65 bits per heavy atom. The van der Waals surface area contributed by atoms with Gasteiger partial charge in [0.15, 0.2) is 0 Å². The third kappa shape index (κ3) is 5.84. The van der Waals surface area contributed by atoms with E-state index >= 15 is 0 Å². The number of likely N-dealkylation sites (tertiary alicyclic amines) is 1. The molecule has 0 unspecified atom stereocenters. The van der Waals surface area contributed by atoms with Gasteiger partial charge in [-0.1, -0.05) is 42.0 Å². The molecule has 1 atom stereocenters. The van der Waals surface area contributed by atoms with Crippen LogP contribution in [0.1, 0.15) is 28.3 Å². The summed E-state index contributed by atoms with van der Waals surface area (Å²) in [6.45, 7) is 3.37. The van der Waals surface area contributed by atoms with Crippen molar-refractivity contribution in [3.05, 3.63) is 101 Å². The minimum absolute atomic E-state index is 0.0716. The largest absolute Gasteiger partial charge is 0.507 e. The summed E-state index contributed by atoms with van der Waals surface area (Å²) in [4.78, 5) is 29.7. The van der Waals surface area contributed by atoms with Gasteiger partial charge >= 0.3 is 0 Å². The van der Waals surface area contributed by atoms with Gasteiger partial charge in [-0.2, -0.15) is 0 Å². The van der Waals surface area contributed by atoms with E-state index in [1.807, 2.05) is 56.3 Å². The third-order valence-corrected chi connectivity index (χ3v) is 6.38. The van der Waals surface area contributed by atoms with Crippen molar-refractivity contribution in [3.63, 3.8) is 0 Å². The summed E-state index contributed by atoms with van der Waals surface area (Å²) in [5, 5.41) is 11.3. The second-order valence-electron chi connectivity index (χ2n) is 9.37. The molecule has 0 aromatic heterocycles. The summed E-state index contributed by atoms with van der Waals surface area (Å²) in [6.07, 6.45) is 0. The lowest BCUT2D eigenvalue weighted by atomic mass is 9.95. The maximum absolute atomic E-state index is 13.2. The number of Topliss-reactive ketones (excluding diaryl/α,β-unsaturated/α-hetero) is 1. The van der Waals surface area contributed by atoms with Gasteiger partial charge in [-0.05, 0) is 68.5 Å². The number of benzene rings is 3. The van der Waals surface area contributed by atoms with Crippen LogP contribution in [0.4, 0.5) is 0 Å². The van der Waals surface area contributed by atoms with Crippen LogP contribution in [0.2, 0.25) is 0 Å². The smallest absolute Gasteiger partial charge is 0.295 e. The third-order valence-electron chi connectivity index (χ3n) is 6.38. The molecular weight excluding hydrogens is 468 g/mol. The number of likely N-dealkylation sites (N-methyl/N-ethyl adjacent to an activating group) is 1. The van der Waals surface area contributed by atoms with Gasteiger partial charge in [0.2, 0.25) is 0 Å². The van der Waals surface area contributed by atoms with E-state index < -0.39 is 17.7 Å². The SMILES string of the molecule is COc1ccc([C@H]2C(=C(O)c3ccc(OCc4cccc(C)c4)cc3)C(=O)C(=O)N2CCN(C)C)cc1. The van der Waals surface area contributed by atoms with Gasteiger partial charge in [-0.15, -0.1) is 0 Å². The Morgan fingerprint density at radius 3 is 2.27 bits per heavy atom. The number of rotatable bonds is 9. The lowest BCUT2D eigenvalue weighted by Crippen LogP contribution is -2.35. The number of methoxy groups -OCH3 is 1. The zero-order valence-corrected chi connectivity index (χ0v) is 21.6. The second kappa shape index (κ2) is 11.3. The van der Waals surface area contributed by atoms with E-state index in [2.05, 4.69) is 6.07 Å². The van der Waals surface area contributed by atoms with Crippen LogP contribution < -0.4 is 9.47 Å². The molecule has 1 heterocycles. The summed E-state index contributed by atoms with van der Waals surface area (Å²) in [5.41, 5.74) is 3.45. The van der Waals surface area contributed by atoms with Crippen molar-refractivity contribution in [2.24, 2.45) is 0 Å². The first-order valence-electron chi connectivity index (χ1n) is 12.1. The molecule has 0 spiro atoms. The summed E-state index contributed by atoms with van der Waals surface area (Å²) < 4.78 is 11.1. The second-order valence-corrected chi connectivity index (χ2v) is 9.37. The van der Waals surface area contributed by atoms with Crippen LogP contribution in [0, 0.1) is 6.92 Å². The predicted molar refractivity (Wildman–Crippen MR) is 143 cm³/mol. The molecule has 1 aliphatic rings. The molecule has 4 rings (SSSR count). The first kappa shape index (κ1) is 26.0. The van der Waals surface area contributed by atoms with Crippen molar-refractivity contribution in [2.45, 2.75) is 19.6 Å². The highest BCUT2D eigenvalue weighted by Crippen LogP contribution is 2.39. The van der Waals surface area contributed by atoms with Gasteiger partial charge in [-0.25, -0.2) is 0 Å². The van der Waals surface area contributed by atoms with Crippen LogP contribution >= 0.6 is 0 Å². The molecule has 0 bridgehead atoms. The minimum atomic E-state index is -0.705. The van der Waals surface area contributed by atoms with E-state index in [1.165, 1.54) is 4.90 Å². The van der Waals surface area contributed by atoms with E-state index in [0.29, 0.717) is 36.8 Å². The standard InChI is InChI=1S/C30H32N2O5/c1-20-6-5-7-21(18-20)19-37-25-14-10-23(11-15-25)28(33)26-27(22-8-12-24(36-4)13-9-22)32(17-16-31(2)3)30(35)29(26)34/h5-15,18,27,33H,16-17,19H2,1-4H3/t27-/m0/s1. The van der Waals surface area contributed by atoms with Crippen LogP contribution in [0.25, 0.3) is 5.76 Å². The fraction of sp³-hybridized carbons (Fsp3) is 0.267. The van der Waals surface area contributed by atoms with Crippen molar-refractivity contribution < 1.29 is 24.2 Å². The fourth-order valence-electron chi connectivity index (χ4n) is 4.38. The van der Waals surface area contributed by atoms with E-state index in [-0.39, 0.29) is 11.3 Å². The Balaban J connectivity index is 1.64. The van der Waals surface area contributed by atoms with Gasteiger partial charge in [0, 0.05) is 18.7 Å². The molecule has 1 amide bonds. The molecule has 1 N–H and O–H groups in total. The number of carbonyl (C=O) groups excluding carboxylic acids is 2. The first-order valence-corrected chi connectivity index (χ1v) is 12.1. The fourth-order valence-corrected chi connectivity index (χ4v) is 4.38. The Hall–Kier alpha value is -4.10. The normalized spacial score (nSPS) is 16.9. The van der Waals surface area contributed by atoms with Gasteiger partial charge in [0.05, 0.1) is 18.7 Å². The maximum Gasteiger partial charge on any atom is 0.295 e. The van der Waals surface area contributed by atoms with E-state index in [1.54, 1.807) is 43.5 Å². The molecule has 1 fully saturated rings. The van der Waals surface area contributed by atoms with Crippen molar-refractivity contribution >= 4 is 17.4 Å². The summed E-state index contributed by atoms with van der Waals surface area (Å²) in [6, 6.07) is 21.4. The van der Waals surface area contributed by atoms with Gasteiger partial charge in [0.25, 0.3) is 11.7 Å². The van der Waals surface area contributed by atoms with Crippen LogP contribution in [0.3, 0.4) is 0 Å². The number of aliphatic hydroxyl groups is 1. The average Bonchev–Trinajstić information content (AvgIpc) is 3.15. The zero-order valence-electron chi connectivity index (χ0n) is 21.6. The monoisotopic (exact) mass is 500 g/mol. The lowest BCUT2D eigenvalue weighted by molar-refractivity contribution is -0.140. The summed E-state index contributed by atoms with van der Waals surface area (Å²) in [5.74, 6) is -0.234. The highest BCUT2D eigenvalue weighted by atomic mass is 16.5. The highest BCUT2D eigenvalue weighted by Gasteiger charge is 2.45. The van der Waals surface area contributed by atoms with Crippen molar-refractivity contribution in [2.75, 3.05) is 34.3 Å². The Morgan fingerprint density at radius 1 is 0.973 bits per heavy atom. The Labute approximate surface area is 217 Å². The molecule has 1 aliphatic heterocycles. The van der Waals surface area contributed by atoms with Crippen LogP contribution in [-0.2, 0) is 16.2 Å². The van der Waals surface area contributed by atoms with E-state index in [0.717, 1.165) is 16.7 Å². The van der Waals surface area contributed by atoms with Gasteiger partial charge in [-0.3, -0.25) is 9.59 Å². The predicted octanol–water partition coefficient (Wildman–Crippen LogP) is 4.57. The number of ether oxygens (including phenoxy) is 2. The molecule has 3 aromatic rings. The van der Waals surface area contributed by atoms with E-state index in [4.69, 9.17) is 9.47 Å². The molecule has 7 nitrogen and oxygen atoms in total. The summed E-state index contributed by atoms with van der Waals surface area (Å²) >= 11 is 0. The van der Waals surface area contributed by atoms with Crippen LogP contribution in [-0.4, -0.2) is 60.9 Å². The first-order chi connectivity index (χ1) is 17.8. The minimum Gasteiger partial charge on any atom is -0.507 e. The average molecular weight is 501 g/mol. The number of hydrogen-bond donors (Lipinski definition) is 1. The van der Waals surface area contributed by atoms with Crippen LogP contribution in [0.15, 0.2) is 78.4 Å². The van der Waals surface area contributed by atoms with Gasteiger partial charge < -0.3 is 24.4 Å². The number of aryl methyl sites for hydroxylation is 1. The molecule has 37 heavy (non-hydrogen) atoms.